The number of hydrogen-bond acceptors (Lipinski definition) is 6. The van der Waals surface area contributed by atoms with Crippen molar-refractivity contribution in [2.75, 3.05) is 19.6 Å². The molecule has 14 heteroatoms. The molecule has 3 fully saturated rings. The first-order chi connectivity index (χ1) is 20.4. The summed E-state index contributed by atoms with van der Waals surface area (Å²) >= 11 is 18.5. The Balaban J connectivity index is 1.58. The number of amides is 3. The zero-order chi connectivity index (χ0) is 31.1. The Morgan fingerprint density at radius 2 is 1.70 bits per heavy atom. The van der Waals surface area contributed by atoms with Crippen molar-refractivity contribution in [2.24, 2.45) is 0 Å². The van der Waals surface area contributed by atoms with Crippen LogP contribution in [0.3, 0.4) is 0 Å². The zero-order valence-corrected chi connectivity index (χ0v) is 26.9. The van der Waals surface area contributed by atoms with Crippen molar-refractivity contribution in [1.82, 2.24) is 24.7 Å². The molecule has 43 heavy (non-hydrogen) atoms. The van der Waals surface area contributed by atoms with Crippen molar-refractivity contribution in [3.05, 3.63) is 63.1 Å². The fraction of sp³-hybridized carbons (Fsp3) is 0.483. The first-order valence-corrected chi connectivity index (χ1v) is 16.8. The quantitative estimate of drug-likeness (QED) is 0.467. The van der Waals surface area contributed by atoms with Crippen LogP contribution >= 0.6 is 34.8 Å². The Hall–Kier alpha value is -2.41. The van der Waals surface area contributed by atoms with Crippen molar-refractivity contribution in [3.63, 3.8) is 0 Å². The normalized spacial score (nSPS) is 25.2. The number of piperazine rings is 1. The fourth-order valence-electron chi connectivity index (χ4n) is 5.98. The highest BCUT2D eigenvalue weighted by molar-refractivity contribution is 7.89. The number of halogens is 3. The van der Waals surface area contributed by atoms with Crippen LogP contribution in [-0.2, 0) is 30.8 Å². The summed E-state index contributed by atoms with van der Waals surface area (Å²) in [4.78, 5) is 44.1. The van der Waals surface area contributed by atoms with Crippen LogP contribution in [0.5, 0.6) is 0 Å². The monoisotopic (exact) mass is 669 g/mol. The van der Waals surface area contributed by atoms with E-state index in [0.29, 0.717) is 18.0 Å². The molecular formula is C29H34Cl3N5O5S. The highest BCUT2D eigenvalue weighted by Crippen LogP contribution is 2.35. The largest absolute Gasteiger partial charge is 0.342 e. The molecule has 3 heterocycles. The molecule has 0 aromatic heterocycles. The van der Waals surface area contributed by atoms with Crippen molar-refractivity contribution in [1.29, 1.82) is 0 Å². The summed E-state index contributed by atoms with van der Waals surface area (Å²) in [5, 5.41) is 6.66. The average Bonchev–Trinajstić information content (AvgIpc) is 2.96. The van der Waals surface area contributed by atoms with Gasteiger partial charge in [0, 0.05) is 29.1 Å². The lowest BCUT2D eigenvalue weighted by atomic mass is 9.96. The number of piperidine rings is 1. The lowest BCUT2D eigenvalue weighted by Crippen LogP contribution is -2.76. The molecular weight excluding hydrogens is 637 g/mol. The summed E-state index contributed by atoms with van der Waals surface area (Å²) in [5.74, 6) is -1.21. The number of sulfonamides is 1. The molecule has 0 bridgehead atoms. The molecule has 0 radical (unpaired) electrons. The third-order valence-corrected chi connectivity index (χ3v) is 11.1. The molecule has 10 nitrogen and oxygen atoms in total. The standard InChI is InChI=1S/C29H34Cl3N5O5S/c1-17(2)35-16-26-36(43(41,42)25-11-10-20(31)14-21(25)32)15-23(34-27(38)22-5-3-4-12-33-22)28(39)37(26)24(29(35)40)13-18-6-8-19(30)9-7-18/h6-11,14,17,22-24,26,33H,3-5,12-13,15-16H2,1-2H3,(H,34,38). The van der Waals surface area contributed by atoms with Gasteiger partial charge in [0.05, 0.1) is 17.6 Å². The van der Waals surface area contributed by atoms with E-state index in [1.165, 1.54) is 27.4 Å². The molecule has 3 amide bonds. The van der Waals surface area contributed by atoms with Crippen LogP contribution in [0.15, 0.2) is 47.4 Å². The van der Waals surface area contributed by atoms with E-state index < -0.39 is 40.2 Å². The van der Waals surface area contributed by atoms with Gasteiger partial charge in [-0.25, -0.2) is 8.42 Å². The molecule has 4 unspecified atom stereocenters. The smallest absolute Gasteiger partial charge is 0.248 e. The zero-order valence-electron chi connectivity index (χ0n) is 23.8. The second-order valence-corrected chi connectivity index (χ2v) is 14.5. The van der Waals surface area contributed by atoms with Gasteiger partial charge in [0.2, 0.25) is 27.7 Å². The number of benzene rings is 2. The van der Waals surface area contributed by atoms with Gasteiger partial charge in [-0.2, -0.15) is 4.31 Å². The lowest BCUT2D eigenvalue weighted by Gasteiger charge is -2.54. The summed E-state index contributed by atoms with van der Waals surface area (Å²) in [6.45, 7) is 3.98. The molecule has 3 aliphatic heterocycles. The summed E-state index contributed by atoms with van der Waals surface area (Å²) in [6.07, 6.45) is 1.49. The van der Waals surface area contributed by atoms with Crippen molar-refractivity contribution in [3.8, 4) is 0 Å². The van der Waals surface area contributed by atoms with Gasteiger partial charge >= 0.3 is 0 Å². The van der Waals surface area contributed by atoms with E-state index in [0.717, 1.165) is 18.4 Å². The molecule has 0 aliphatic carbocycles. The van der Waals surface area contributed by atoms with Gasteiger partial charge in [-0.3, -0.25) is 14.4 Å². The van der Waals surface area contributed by atoms with E-state index in [-0.39, 0.29) is 52.3 Å². The van der Waals surface area contributed by atoms with E-state index >= 15 is 0 Å². The predicted octanol–water partition coefficient (Wildman–Crippen LogP) is 3.29. The van der Waals surface area contributed by atoms with Gasteiger partial charge in [-0.15, -0.1) is 0 Å². The minimum Gasteiger partial charge on any atom is -0.342 e. The lowest BCUT2D eigenvalue weighted by molar-refractivity contribution is -0.169. The first-order valence-electron chi connectivity index (χ1n) is 14.3. The molecule has 0 spiro atoms. The first kappa shape index (κ1) is 32.0. The summed E-state index contributed by atoms with van der Waals surface area (Å²) < 4.78 is 29.8. The van der Waals surface area contributed by atoms with E-state index in [1.807, 2.05) is 13.8 Å². The second kappa shape index (κ2) is 12.9. The van der Waals surface area contributed by atoms with E-state index in [2.05, 4.69) is 10.6 Å². The van der Waals surface area contributed by atoms with Crippen LogP contribution in [0, 0.1) is 0 Å². The molecule has 2 aromatic rings. The van der Waals surface area contributed by atoms with E-state index in [4.69, 9.17) is 34.8 Å². The average molecular weight is 671 g/mol. The van der Waals surface area contributed by atoms with Gasteiger partial charge in [0.25, 0.3) is 0 Å². The van der Waals surface area contributed by atoms with Crippen molar-refractivity contribution in [2.45, 2.75) is 74.8 Å². The van der Waals surface area contributed by atoms with Crippen LogP contribution in [0.4, 0.5) is 0 Å². The third-order valence-electron chi connectivity index (χ3n) is 8.22. The second-order valence-electron chi connectivity index (χ2n) is 11.4. The SMILES string of the molecule is CC(C)N1CC2N(C(=O)C(NC(=O)C3CCCCN3)CN2S(=O)(=O)c2ccc(Cl)cc2Cl)C(Cc2ccc(Cl)cc2)C1=O. The number of carbonyl (C=O) groups excluding carboxylic acids is 3. The number of hydrogen-bond donors (Lipinski definition) is 2. The van der Waals surface area contributed by atoms with Crippen LogP contribution in [0.25, 0.3) is 0 Å². The molecule has 5 rings (SSSR count). The maximum atomic E-state index is 14.3. The van der Waals surface area contributed by atoms with Crippen molar-refractivity contribution < 1.29 is 22.8 Å². The molecule has 232 valence electrons. The Bertz CT molecular complexity index is 1500. The molecule has 3 aliphatic rings. The van der Waals surface area contributed by atoms with Crippen LogP contribution in [0.1, 0.15) is 38.7 Å². The van der Waals surface area contributed by atoms with Crippen LogP contribution < -0.4 is 10.6 Å². The van der Waals surface area contributed by atoms with Crippen LogP contribution in [0.2, 0.25) is 15.1 Å². The topological polar surface area (TPSA) is 119 Å². The molecule has 2 aromatic carbocycles. The number of nitrogens with zero attached hydrogens (tertiary/aromatic N) is 3. The number of nitrogens with one attached hydrogen (secondary N) is 2. The van der Waals surface area contributed by atoms with Gasteiger partial charge in [-0.05, 0) is 69.1 Å². The number of rotatable bonds is 7. The van der Waals surface area contributed by atoms with Gasteiger partial charge in [0.15, 0.2) is 0 Å². The fourth-order valence-corrected chi connectivity index (χ4v) is 8.44. The van der Waals surface area contributed by atoms with Gasteiger partial charge < -0.3 is 20.4 Å². The molecule has 3 saturated heterocycles. The number of carbonyl (C=O) groups is 3. The Morgan fingerprint density at radius 1 is 1.00 bits per heavy atom. The Kier molecular flexibility index (Phi) is 9.60. The highest BCUT2D eigenvalue weighted by atomic mass is 35.5. The van der Waals surface area contributed by atoms with Crippen molar-refractivity contribution >= 4 is 62.5 Å². The van der Waals surface area contributed by atoms with Crippen LogP contribution in [-0.4, -0.2) is 90.2 Å². The summed E-state index contributed by atoms with van der Waals surface area (Å²) in [5.41, 5.74) is 0.743. The molecule has 2 N–H and O–H groups in total. The van der Waals surface area contributed by atoms with E-state index in [1.54, 1.807) is 29.2 Å². The number of fused-ring (bicyclic) bond motifs is 1. The molecule has 4 atom stereocenters. The predicted molar refractivity (Wildman–Crippen MR) is 164 cm³/mol. The Morgan fingerprint density at radius 3 is 2.33 bits per heavy atom. The molecule has 0 saturated carbocycles. The maximum Gasteiger partial charge on any atom is 0.248 e. The van der Waals surface area contributed by atoms with Gasteiger partial charge in [0.1, 0.15) is 23.1 Å². The highest BCUT2D eigenvalue weighted by Gasteiger charge is 2.54. The van der Waals surface area contributed by atoms with E-state index in [9.17, 15) is 22.8 Å². The van der Waals surface area contributed by atoms with Gasteiger partial charge in [-0.1, -0.05) is 53.4 Å². The third kappa shape index (κ3) is 6.53. The summed E-state index contributed by atoms with van der Waals surface area (Å²) in [7, 11) is -4.34. The minimum absolute atomic E-state index is 0.0470. The summed E-state index contributed by atoms with van der Waals surface area (Å²) in [6, 6.07) is 7.99. The Labute approximate surface area is 266 Å². The maximum absolute atomic E-state index is 14.3. The minimum atomic E-state index is -4.34.